The van der Waals surface area contributed by atoms with Gasteiger partial charge in [0, 0.05) is 25.3 Å². The minimum absolute atomic E-state index is 0.116. The Kier molecular flexibility index (Phi) is 6.30. The Morgan fingerprint density at radius 1 is 1.23 bits per heavy atom. The van der Waals surface area contributed by atoms with Crippen LogP contribution in [0.25, 0.3) is 0 Å². The van der Waals surface area contributed by atoms with Gasteiger partial charge in [0.1, 0.15) is 10.9 Å². The van der Waals surface area contributed by atoms with Crippen LogP contribution >= 0.6 is 11.8 Å². The van der Waals surface area contributed by atoms with E-state index in [2.05, 4.69) is 5.32 Å². The summed E-state index contributed by atoms with van der Waals surface area (Å²) in [7, 11) is 0. The summed E-state index contributed by atoms with van der Waals surface area (Å²) in [5.74, 6) is -0.975. The molecule has 2 aliphatic rings. The third kappa shape index (κ3) is 5.27. The standard InChI is InChI=1S/C21H27N3O5S/c1-13-11-16(30-17(13)18(25)26)24-10-9-23(20(24)28)12-14-5-7-15(8-6-14)22-19(27)29-21(2,3)4/h5-8,11,13,17H,9-10,12H2,1-4H3,(H,22,27)(H,25,26). The van der Waals surface area contributed by atoms with Crippen LogP contribution in [0.2, 0.25) is 0 Å². The van der Waals surface area contributed by atoms with Gasteiger partial charge in [0.05, 0.1) is 5.03 Å². The summed E-state index contributed by atoms with van der Waals surface area (Å²) < 4.78 is 5.23. The Balaban J connectivity index is 1.56. The van der Waals surface area contributed by atoms with Crippen molar-refractivity contribution in [1.29, 1.82) is 0 Å². The number of hydrogen-bond donors (Lipinski definition) is 2. The van der Waals surface area contributed by atoms with Crippen molar-refractivity contribution in [3.8, 4) is 0 Å². The normalized spacial score (nSPS) is 21.6. The number of urea groups is 1. The number of aliphatic carboxylic acids is 1. The molecule has 2 N–H and O–H groups in total. The number of thioether (sulfide) groups is 1. The third-order valence-electron chi connectivity index (χ3n) is 4.71. The van der Waals surface area contributed by atoms with Crippen molar-refractivity contribution in [1.82, 2.24) is 9.80 Å². The first-order valence-electron chi connectivity index (χ1n) is 9.80. The number of hydrogen-bond acceptors (Lipinski definition) is 5. The molecule has 1 aromatic rings. The molecule has 0 aliphatic carbocycles. The van der Waals surface area contributed by atoms with Crippen LogP contribution in [0.3, 0.4) is 0 Å². The summed E-state index contributed by atoms with van der Waals surface area (Å²) in [6, 6.07) is 7.13. The maximum Gasteiger partial charge on any atom is 0.412 e. The van der Waals surface area contributed by atoms with Crippen molar-refractivity contribution in [3.05, 3.63) is 40.9 Å². The van der Waals surface area contributed by atoms with Crippen LogP contribution < -0.4 is 5.32 Å². The molecule has 2 unspecified atom stereocenters. The number of rotatable bonds is 5. The Hall–Kier alpha value is -2.68. The average Bonchev–Trinajstić information content (AvgIpc) is 3.18. The monoisotopic (exact) mass is 433 g/mol. The van der Waals surface area contributed by atoms with E-state index in [4.69, 9.17) is 4.74 Å². The van der Waals surface area contributed by atoms with Gasteiger partial charge >= 0.3 is 18.1 Å². The van der Waals surface area contributed by atoms with Gasteiger partial charge in [-0.3, -0.25) is 15.0 Å². The molecule has 162 valence electrons. The zero-order chi connectivity index (χ0) is 22.1. The molecule has 30 heavy (non-hydrogen) atoms. The molecule has 2 atom stereocenters. The van der Waals surface area contributed by atoms with E-state index in [-0.39, 0.29) is 11.9 Å². The summed E-state index contributed by atoms with van der Waals surface area (Å²) in [5, 5.41) is 12.1. The van der Waals surface area contributed by atoms with E-state index >= 15 is 0 Å². The molecule has 1 fully saturated rings. The zero-order valence-electron chi connectivity index (χ0n) is 17.5. The lowest BCUT2D eigenvalue weighted by Crippen LogP contribution is -2.30. The Labute approximate surface area is 180 Å². The Morgan fingerprint density at radius 3 is 2.47 bits per heavy atom. The van der Waals surface area contributed by atoms with Gasteiger partial charge in [-0.25, -0.2) is 9.59 Å². The second-order valence-corrected chi connectivity index (χ2v) is 9.58. The SMILES string of the molecule is CC1C=C(N2CCN(Cc3ccc(NC(=O)OC(C)(C)C)cc3)C2=O)SC1C(=O)O. The van der Waals surface area contributed by atoms with Crippen molar-refractivity contribution in [2.24, 2.45) is 5.92 Å². The van der Waals surface area contributed by atoms with E-state index in [0.29, 0.717) is 25.3 Å². The van der Waals surface area contributed by atoms with Crippen LogP contribution in [-0.2, 0) is 16.1 Å². The molecule has 1 aromatic carbocycles. The summed E-state index contributed by atoms with van der Waals surface area (Å²) in [4.78, 5) is 39.4. The van der Waals surface area contributed by atoms with E-state index in [0.717, 1.165) is 10.6 Å². The highest BCUT2D eigenvalue weighted by Gasteiger charge is 2.38. The molecule has 8 nitrogen and oxygen atoms in total. The van der Waals surface area contributed by atoms with Crippen LogP contribution in [-0.4, -0.2) is 56.9 Å². The fourth-order valence-corrected chi connectivity index (χ4v) is 4.53. The van der Waals surface area contributed by atoms with E-state index in [1.54, 1.807) is 42.7 Å². The highest BCUT2D eigenvalue weighted by molar-refractivity contribution is 8.04. The number of carboxylic acid groups (broad SMARTS) is 1. The van der Waals surface area contributed by atoms with Gasteiger partial charge in [-0.1, -0.05) is 30.8 Å². The molecule has 0 aromatic heterocycles. The lowest BCUT2D eigenvalue weighted by atomic mass is 10.1. The topological polar surface area (TPSA) is 99.2 Å². The number of carboxylic acids is 1. The molecule has 0 bridgehead atoms. The van der Waals surface area contributed by atoms with Crippen LogP contribution in [0.15, 0.2) is 35.4 Å². The van der Waals surface area contributed by atoms with Gasteiger partial charge in [0.15, 0.2) is 0 Å². The molecule has 0 spiro atoms. The first-order chi connectivity index (χ1) is 14.0. The lowest BCUT2D eigenvalue weighted by molar-refractivity contribution is -0.136. The Bertz CT molecular complexity index is 862. The number of ether oxygens (including phenoxy) is 1. The van der Waals surface area contributed by atoms with Crippen LogP contribution in [0.4, 0.5) is 15.3 Å². The third-order valence-corrected chi connectivity index (χ3v) is 6.19. The number of carbonyl (C=O) groups excluding carboxylic acids is 2. The number of benzene rings is 1. The maximum atomic E-state index is 12.8. The molecule has 0 radical (unpaired) electrons. The quantitative estimate of drug-likeness (QED) is 0.730. The van der Waals surface area contributed by atoms with Crippen LogP contribution in [0.5, 0.6) is 0 Å². The van der Waals surface area contributed by atoms with Crippen molar-refractivity contribution >= 4 is 35.5 Å². The minimum Gasteiger partial charge on any atom is -0.480 e. The summed E-state index contributed by atoms with van der Waals surface area (Å²) >= 11 is 1.24. The van der Waals surface area contributed by atoms with Gasteiger partial charge < -0.3 is 14.7 Å². The zero-order valence-corrected chi connectivity index (χ0v) is 18.4. The number of anilines is 1. The van der Waals surface area contributed by atoms with Gasteiger partial charge in [0.2, 0.25) is 0 Å². The van der Waals surface area contributed by atoms with Crippen LogP contribution in [0.1, 0.15) is 33.3 Å². The molecule has 2 heterocycles. The maximum absolute atomic E-state index is 12.8. The molecule has 9 heteroatoms. The summed E-state index contributed by atoms with van der Waals surface area (Å²) in [6.45, 7) is 8.80. The molecule has 3 rings (SSSR count). The highest BCUT2D eigenvalue weighted by Crippen LogP contribution is 2.39. The average molecular weight is 434 g/mol. The van der Waals surface area contributed by atoms with E-state index in [9.17, 15) is 19.5 Å². The number of carbonyl (C=O) groups is 3. The van der Waals surface area contributed by atoms with Crippen molar-refractivity contribution in [2.75, 3.05) is 18.4 Å². The molecule has 1 saturated heterocycles. The van der Waals surface area contributed by atoms with Gasteiger partial charge in [-0.15, -0.1) is 0 Å². The second-order valence-electron chi connectivity index (χ2n) is 8.42. The second kappa shape index (κ2) is 8.59. The van der Waals surface area contributed by atoms with E-state index in [1.807, 2.05) is 25.1 Å². The number of amides is 3. The molecule has 0 saturated carbocycles. The van der Waals surface area contributed by atoms with Gasteiger partial charge in [0.25, 0.3) is 0 Å². The van der Waals surface area contributed by atoms with Crippen molar-refractivity contribution in [2.45, 2.75) is 45.1 Å². The van der Waals surface area contributed by atoms with Gasteiger partial charge in [-0.2, -0.15) is 0 Å². The lowest BCUT2D eigenvalue weighted by Gasteiger charge is -2.20. The van der Waals surface area contributed by atoms with Crippen LogP contribution in [0, 0.1) is 5.92 Å². The predicted octanol–water partition coefficient (Wildman–Crippen LogP) is 3.95. The summed E-state index contributed by atoms with van der Waals surface area (Å²) in [6.07, 6.45) is 1.35. The smallest absolute Gasteiger partial charge is 0.412 e. The number of nitrogens with zero attached hydrogens (tertiary/aromatic N) is 2. The first kappa shape index (κ1) is 22.0. The molecular formula is C21H27N3O5S. The molecule has 3 amide bonds. The fourth-order valence-electron chi connectivity index (χ4n) is 3.29. The first-order valence-corrected chi connectivity index (χ1v) is 10.7. The number of nitrogens with one attached hydrogen (secondary N) is 1. The molecular weight excluding hydrogens is 406 g/mol. The largest absolute Gasteiger partial charge is 0.480 e. The summed E-state index contributed by atoms with van der Waals surface area (Å²) in [5.41, 5.74) is 0.981. The van der Waals surface area contributed by atoms with Gasteiger partial charge in [-0.05, 0) is 50.5 Å². The predicted molar refractivity (Wildman–Crippen MR) is 115 cm³/mol. The number of allylic oxidation sites excluding steroid dienone is 1. The molecule has 2 aliphatic heterocycles. The minimum atomic E-state index is -0.859. The van der Waals surface area contributed by atoms with Crippen molar-refractivity contribution < 1.29 is 24.2 Å². The van der Waals surface area contributed by atoms with E-state index in [1.165, 1.54) is 11.8 Å². The fraction of sp³-hybridized carbons (Fsp3) is 0.476. The van der Waals surface area contributed by atoms with E-state index < -0.39 is 22.9 Å². The Morgan fingerprint density at radius 2 is 1.90 bits per heavy atom. The van der Waals surface area contributed by atoms with Crippen molar-refractivity contribution in [3.63, 3.8) is 0 Å². The highest BCUT2D eigenvalue weighted by atomic mass is 32.2.